The quantitative estimate of drug-likeness (QED) is 0.451. The lowest BCUT2D eigenvalue weighted by atomic mass is 9.90. The van der Waals surface area contributed by atoms with Gasteiger partial charge in [0, 0.05) is 25.2 Å². The number of aryl methyl sites for hydroxylation is 1. The van der Waals surface area contributed by atoms with Crippen molar-refractivity contribution in [3.05, 3.63) is 54.4 Å². The van der Waals surface area contributed by atoms with Gasteiger partial charge in [0.05, 0.1) is 18.1 Å². The molecule has 0 spiro atoms. The van der Waals surface area contributed by atoms with Crippen molar-refractivity contribution >= 4 is 13.7 Å². The van der Waals surface area contributed by atoms with Gasteiger partial charge in [-0.25, -0.2) is 0 Å². The molecule has 1 atom stereocenters. The lowest BCUT2D eigenvalue weighted by Gasteiger charge is -2.33. The van der Waals surface area contributed by atoms with E-state index < -0.39 is 0 Å². The maximum atomic E-state index is 6.01. The average Bonchev–Trinajstić information content (AvgIpc) is 3.21. The molecule has 2 saturated heterocycles. The topological polar surface area (TPSA) is 28.6 Å². The molecule has 5 heteroatoms. The van der Waals surface area contributed by atoms with E-state index >= 15 is 0 Å². The first-order valence-electron chi connectivity index (χ1n) is 11.7. The normalized spacial score (nSPS) is 20.5. The summed E-state index contributed by atoms with van der Waals surface area (Å²) in [6.07, 6.45) is 13.8. The van der Waals surface area contributed by atoms with Crippen LogP contribution in [0.15, 0.2) is 48.8 Å². The molecule has 0 N–H and O–H groups in total. The molecule has 2 radical (unpaired) electrons. The number of rotatable bonds is 9. The Morgan fingerprint density at radius 1 is 1.00 bits per heavy atom. The van der Waals surface area contributed by atoms with Crippen LogP contribution < -0.4 is 9.64 Å². The Balaban J connectivity index is 1.17. The van der Waals surface area contributed by atoms with Crippen LogP contribution in [-0.2, 0) is 6.42 Å². The van der Waals surface area contributed by atoms with Crippen molar-refractivity contribution in [2.45, 2.75) is 57.4 Å². The van der Waals surface area contributed by atoms with Crippen LogP contribution in [0.2, 0.25) is 0 Å². The van der Waals surface area contributed by atoms with Gasteiger partial charge < -0.3 is 14.4 Å². The van der Waals surface area contributed by atoms with Crippen LogP contribution in [-0.4, -0.2) is 50.1 Å². The maximum absolute atomic E-state index is 6.01. The Labute approximate surface area is 183 Å². The number of ether oxygens (including phenoxy) is 1. The molecular weight excluding hydrogens is 369 g/mol. The summed E-state index contributed by atoms with van der Waals surface area (Å²) in [5.41, 5.74) is 2.65. The van der Waals surface area contributed by atoms with E-state index in [2.05, 4.69) is 46.3 Å². The van der Waals surface area contributed by atoms with Crippen molar-refractivity contribution in [1.82, 2.24) is 9.79 Å². The second-order valence-electron chi connectivity index (χ2n) is 8.89. The number of aromatic nitrogens is 1. The van der Waals surface area contributed by atoms with Gasteiger partial charge in [-0.1, -0.05) is 43.2 Å². The Hall–Kier alpha value is -2.01. The largest absolute Gasteiger partial charge is 0.490 e. The monoisotopic (exact) mass is 403 g/mol. The lowest BCUT2D eigenvalue weighted by Crippen LogP contribution is -2.34. The molecule has 0 aliphatic carbocycles. The Bertz CT molecular complexity index is 764. The third-order valence-corrected chi connectivity index (χ3v) is 6.71. The van der Waals surface area contributed by atoms with Crippen LogP contribution in [0.25, 0.3) is 0 Å². The molecule has 4 rings (SSSR count). The maximum Gasteiger partial charge on any atom is 0.183 e. The number of unbranched alkanes of at least 4 members (excludes halogenated alkanes) is 1. The van der Waals surface area contributed by atoms with E-state index in [1.54, 1.807) is 0 Å². The summed E-state index contributed by atoms with van der Waals surface area (Å²) in [6, 6.07) is 13.3. The van der Waals surface area contributed by atoms with Crippen molar-refractivity contribution in [2.24, 2.45) is 5.92 Å². The van der Waals surface area contributed by atoms with E-state index in [0.717, 1.165) is 44.1 Å². The van der Waals surface area contributed by atoms with Crippen molar-refractivity contribution in [1.29, 1.82) is 0 Å². The Kier molecular flexibility index (Phi) is 7.68. The summed E-state index contributed by atoms with van der Waals surface area (Å²) in [7, 11) is 6.01. The summed E-state index contributed by atoms with van der Waals surface area (Å²) in [5, 5.41) is 0. The molecule has 158 valence electrons. The highest BCUT2D eigenvalue weighted by atomic mass is 16.5. The van der Waals surface area contributed by atoms with E-state index in [-0.39, 0.29) is 0 Å². The van der Waals surface area contributed by atoms with Crippen LogP contribution >= 0.6 is 0 Å². The molecule has 2 aromatic rings. The molecular formula is C25H34BN3O. The van der Waals surface area contributed by atoms with Crippen LogP contribution in [0.3, 0.4) is 0 Å². The second-order valence-corrected chi connectivity index (χ2v) is 8.89. The molecule has 4 nitrogen and oxygen atoms in total. The molecule has 1 aromatic carbocycles. The highest BCUT2D eigenvalue weighted by molar-refractivity contribution is 6.04. The highest BCUT2D eigenvalue weighted by Gasteiger charge is 2.22. The molecule has 2 aliphatic heterocycles. The van der Waals surface area contributed by atoms with Crippen LogP contribution in [0.5, 0.6) is 5.75 Å². The number of piperidine rings is 1. The summed E-state index contributed by atoms with van der Waals surface area (Å²) in [4.78, 5) is 8.79. The fraction of sp³-hybridized carbons (Fsp3) is 0.560. The van der Waals surface area contributed by atoms with Gasteiger partial charge in [0.25, 0.3) is 0 Å². The van der Waals surface area contributed by atoms with Gasteiger partial charge in [-0.2, -0.15) is 0 Å². The molecule has 1 aromatic heterocycles. The first kappa shape index (κ1) is 21.2. The molecule has 0 saturated carbocycles. The fourth-order valence-electron chi connectivity index (χ4n) is 4.78. The minimum absolute atomic E-state index is 0.325. The van der Waals surface area contributed by atoms with Gasteiger partial charge in [0.15, 0.2) is 7.98 Å². The summed E-state index contributed by atoms with van der Waals surface area (Å²) in [5.74, 6) is 1.72. The van der Waals surface area contributed by atoms with E-state index in [4.69, 9.17) is 12.7 Å². The predicted molar refractivity (Wildman–Crippen MR) is 124 cm³/mol. The molecule has 30 heavy (non-hydrogen) atoms. The van der Waals surface area contributed by atoms with Gasteiger partial charge in [-0.3, -0.25) is 4.98 Å². The van der Waals surface area contributed by atoms with Gasteiger partial charge >= 0.3 is 0 Å². The smallest absolute Gasteiger partial charge is 0.183 e. The van der Waals surface area contributed by atoms with E-state index in [1.807, 2.05) is 17.2 Å². The highest BCUT2D eigenvalue weighted by Crippen LogP contribution is 2.28. The zero-order chi connectivity index (χ0) is 20.6. The van der Waals surface area contributed by atoms with Crippen molar-refractivity contribution in [2.75, 3.05) is 31.1 Å². The number of pyridine rings is 1. The fourth-order valence-corrected chi connectivity index (χ4v) is 4.78. The van der Waals surface area contributed by atoms with Gasteiger partial charge in [0.2, 0.25) is 0 Å². The third-order valence-electron chi connectivity index (χ3n) is 6.71. The zero-order valence-electron chi connectivity index (χ0n) is 18.1. The van der Waals surface area contributed by atoms with Crippen LogP contribution in [0.1, 0.15) is 50.5 Å². The lowest BCUT2D eigenvalue weighted by molar-refractivity contribution is 0.236. The van der Waals surface area contributed by atoms with Crippen molar-refractivity contribution in [3.8, 4) is 5.75 Å². The van der Waals surface area contributed by atoms with Crippen molar-refractivity contribution < 1.29 is 4.74 Å². The first-order valence-corrected chi connectivity index (χ1v) is 11.7. The zero-order valence-corrected chi connectivity index (χ0v) is 18.1. The summed E-state index contributed by atoms with van der Waals surface area (Å²) in [6.45, 7) is 3.85. The van der Waals surface area contributed by atoms with Crippen LogP contribution in [0.4, 0.5) is 5.69 Å². The van der Waals surface area contributed by atoms with E-state index in [0.29, 0.717) is 12.6 Å². The third kappa shape index (κ3) is 6.01. The van der Waals surface area contributed by atoms with Gasteiger partial charge in [0.1, 0.15) is 12.4 Å². The van der Waals surface area contributed by atoms with E-state index in [1.165, 1.54) is 49.8 Å². The van der Waals surface area contributed by atoms with E-state index in [9.17, 15) is 0 Å². The molecule has 0 amide bonds. The molecule has 0 unspecified atom stereocenters. The predicted octanol–water partition coefficient (Wildman–Crippen LogP) is 4.64. The molecule has 2 fully saturated rings. The summed E-state index contributed by atoms with van der Waals surface area (Å²) < 4.78 is 6.00. The molecule has 3 heterocycles. The average molecular weight is 403 g/mol. The number of anilines is 1. The summed E-state index contributed by atoms with van der Waals surface area (Å²) >= 11 is 0. The Morgan fingerprint density at radius 2 is 1.83 bits per heavy atom. The minimum atomic E-state index is 0.325. The Morgan fingerprint density at radius 3 is 2.60 bits per heavy atom. The van der Waals surface area contributed by atoms with Crippen molar-refractivity contribution in [3.63, 3.8) is 0 Å². The first-order chi connectivity index (χ1) is 14.8. The number of hydrogen-bond acceptors (Lipinski definition) is 4. The molecule has 2 aliphatic rings. The number of hydrogen-bond donors (Lipinski definition) is 0. The second kappa shape index (κ2) is 10.9. The number of nitrogens with zero attached hydrogens (tertiary/aromatic N) is 3. The van der Waals surface area contributed by atoms with Gasteiger partial charge in [-0.15, -0.1) is 0 Å². The number of benzene rings is 1. The minimum Gasteiger partial charge on any atom is -0.490 e. The van der Waals surface area contributed by atoms with Gasteiger partial charge in [-0.05, 0) is 56.6 Å². The standard InChI is InChI=1S/C25H34BN3O/c26-29-14-6-11-23(29)20-30-25-17-24(18-27-19-25)28-15-12-22(13-16-28)10-5-4-9-21-7-2-1-3-8-21/h1-3,7-8,17-19,22-23H,4-6,9-16,20H2/t23-/m0/s1. The van der Waals surface area contributed by atoms with Crippen LogP contribution in [0, 0.1) is 5.92 Å². The molecule has 0 bridgehead atoms. The SMILES string of the molecule is [B]N1CCC[C@H]1COc1cncc(N2CCC(CCCCc3ccccc3)CC2)c1.